The van der Waals surface area contributed by atoms with Crippen LogP contribution in [0.5, 0.6) is 0 Å². The topological polar surface area (TPSA) is 44.7 Å². The fourth-order valence-corrected chi connectivity index (χ4v) is 4.35. The van der Waals surface area contributed by atoms with Crippen LogP contribution in [0.25, 0.3) is 5.57 Å². The van der Waals surface area contributed by atoms with Crippen LogP contribution >= 0.6 is 15.9 Å². The maximum Gasteiger partial charge on any atom is 0.272 e. The minimum Gasteiger partial charge on any atom is -0.362 e. The van der Waals surface area contributed by atoms with E-state index in [4.69, 9.17) is 0 Å². The third kappa shape index (κ3) is 4.45. The van der Waals surface area contributed by atoms with E-state index in [1.54, 1.807) is 12.3 Å². The van der Waals surface area contributed by atoms with E-state index in [0.717, 1.165) is 28.6 Å². The van der Waals surface area contributed by atoms with Gasteiger partial charge in [0.2, 0.25) is 0 Å². The Morgan fingerprint density at radius 1 is 1.24 bits per heavy atom. The van der Waals surface area contributed by atoms with E-state index >= 15 is 0 Å². The summed E-state index contributed by atoms with van der Waals surface area (Å²) < 4.78 is 0.747. The van der Waals surface area contributed by atoms with E-state index in [1.165, 1.54) is 16.8 Å². The summed E-state index contributed by atoms with van der Waals surface area (Å²) in [7, 11) is 0. The Labute approximate surface area is 181 Å². The maximum atomic E-state index is 12.3. The molecule has 29 heavy (non-hydrogen) atoms. The molecule has 2 aromatic rings. The number of nitrogens with one attached hydrogen (secondary N) is 1. The van der Waals surface area contributed by atoms with Gasteiger partial charge in [-0.1, -0.05) is 25.1 Å². The molecular weight excluding hydrogens is 426 g/mol. The number of nitrogens with zero attached hydrogens (tertiary/aromatic N) is 2. The number of hydrogen-bond acceptors (Lipinski definition) is 3. The van der Waals surface area contributed by atoms with Crippen LogP contribution in [-0.4, -0.2) is 24.2 Å². The number of amides is 1. The van der Waals surface area contributed by atoms with Gasteiger partial charge in [-0.05, 0) is 91.0 Å². The summed E-state index contributed by atoms with van der Waals surface area (Å²) in [5.41, 5.74) is 9.07. The van der Waals surface area contributed by atoms with Crippen molar-refractivity contribution in [2.75, 3.05) is 11.4 Å². The average molecular weight is 454 g/mol. The molecule has 0 saturated carbocycles. The van der Waals surface area contributed by atoms with Crippen molar-refractivity contribution in [1.29, 1.82) is 0 Å². The molecule has 0 radical (unpaired) electrons. The number of anilines is 1. The van der Waals surface area contributed by atoms with E-state index in [-0.39, 0.29) is 11.4 Å². The number of fused-ring (bicyclic) bond motifs is 1. The van der Waals surface area contributed by atoms with Crippen molar-refractivity contribution in [3.05, 3.63) is 69.2 Å². The molecule has 3 rings (SSSR count). The summed E-state index contributed by atoms with van der Waals surface area (Å²) in [6.07, 6.45) is 5.15. The Hall–Kier alpha value is -2.40. The van der Waals surface area contributed by atoms with Gasteiger partial charge in [-0.2, -0.15) is 5.10 Å². The first kappa shape index (κ1) is 21.3. The molecule has 1 aliphatic heterocycles. The highest BCUT2D eigenvalue weighted by atomic mass is 79.9. The zero-order valence-corrected chi connectivity index (χ0v) is 19.3. The zero-order valence-electron chi connectivity index (χ0n) is 17.7. The molecule has 0 bridgehead atoms. The van der Waals surface area contributed by atoms with Crippen molar-refractivity contribution < 1.29 is 4.79 Å². The molecule has 0 spiro atoms. The van der Waals surface area contributed by atoms with Crippen molar-refractivity contribution in [3.63, 3.8) is 0 Å². The number of aryl methyl sites for hydroxylation is 1. The van der Waals surface area contributed by atoms with Crippen LogP contribution in [-0.2, 0) is 0 Å². The van der Waals surface area contributed by atoms with Crippen LogP contribution < -0.4 is 10.3 Å². The summed E-state index contributed by atoms with van der Waals surface area (Å²) in [4.78, 5) is 14.8. The lowest BCUT2D eigenvalue weighted by atomic mass is 9.87. The second kappa shape index (κ2) is 8.54. The average Bonchev–Trinajstić information content (AvgIpc) is 2.66. The molecule has 1 heterocycles. The fourth-order valence-electron chi connectivity index (χ4n) is 3.88. The lowest BCUT2D eigenvalue weighted by Gasteiger charge is -2.43. The Balaban J connectivity index is 1.87. The molecule has 1 N–H and O–H groups in total. The molecule has 5 heteroatoms. The summed E-state index contributed by atoms with van der Waals surface area (Å²) in [5, 5.41) is 4.20. The number of hydrogen-bond donors (Lipinski definition) is 1. The van der Waals surface area contributed by atoms with Crippen molar-refractivity contribution in [3.8, 4) is 0 Å². The number of benzene rings is 2. The van der Waals surface area contributed by atoms with Gasteiger partial charge in [0.25, 0.3) is 5.91 Å². The second-order valence-corrected chi connectivity index (χ2v) is 8.89. The van der Waals surface area contributed by atoms with Crippen LogP contribution in [0.15, 0.2) is 52.0 Å². The molecule has 4 nitrogen and oxygen atoms in total. The van der Waals surface area contributed by atoms with E-state index in [0.29, 0.717) is 5.56 Å². The zero-order chi connectivity index (χ0) is 21.2. The van der Waals surface area contributed by atoms with Crippen LogP contribution in [0, 0.1) is 6.92 Å². The molecule has 1 amide bonds. The van der Waals surface area contributed by atoms with Gasteiger partial charge in [-0.25, -0.2) is 5.43 Å². The van der Waals surface area contributed by atoms with E-state index in [9.17, 15) is 4.79 Å². The summed E-state index contributed by atoms with van der Waals surface area (Å²) >= 11 is 3.40. The third-order valence-electron chi connectivity index (χ3n) is 5.30. The van der Waals surface area contributed by atoms with Gasteiger partial charge in [0, 0.05) is 22.3 Å². The maximum absolute atomic E-state index is 12.3. The number of rotatable bonds is 5. The van der Waals surface area contributed by atoms with Crippen molar-refractivity contribution in [2.24, 2.45) is 5.10 Å². The van der Waals surface area contributed by atoms with Gasteiger partial charge in [-0.15, -0.1) is 0 Å². The predicted molar refractivity (Wildman–Crippen MR) is 126 cm³/mol. The highest BCUT2D eigenvalue weighted by Crippen LogP contribution is 2.40. The lowest BCUT2D eigenvalue weighted by Crippen LogP contribution is -2.45. The highest BCUT2D eigenvalue weighted by molar-refractivity contribution is 9.10. The molecule has 0 saturated heterocycles. The van der Waals surface area contributed by atoms with Crippen molar-refractivity contribution >= 4 is 39.3 Å². The third-order valence-corrected chi connectivity index (χ3v) is 5.99. The minimum absolute atomic E-state index is 0.00775. The van der Waals surface area contributed by atoms with Crippen LogP contribution in [0.1, 0.15) is 61.2 Å². The number of halogens is 1. The van der Waals surface area contributed by atoms with Gasteiger partial charge >= 0.3 is 0 Å². The standard InChI is InChI=1S/C24H28BrN3O/c1-6-11-28-22-12-16(2)18(13-20(22)17(3)14-24(28,4)5)15-26-27-23(29)19-9-7-8-10-21(19)25/h7-10,12-15H,6,11H2,1-5H3,(H,27,29)/b26-15-. The first-order valence-corrected chi connectivity index (χ1v) is 10.7. The first-order chi connectivity index (χ1) is 13.7. The predicted octanol–water partition coefficient (Wildman–Crippen LogP) is 5.93. The van der Waals surface area contributed by atoms with Gasteiger partial charge < -0.3 is 4.90 Å². The normalized spacial score (nSPS) is 15.2. The summed E-state index contributed by atoms with van der Waals surface area (Å²) in [5.74, 6) is -0.240. The second-order valence-electron chi connectivity index (χ2n) is 8.04. The molecule has 0 aromatic heterocycles. The smallest absolute Gasteiger partial charge is 0.272 e. The first-order valence-electron chi connectivity index (χ1n) is 9.94. The summed E-state index contributed by atoms with van der Waals surface area (Å²) in [6.45, 7) is 12.0. The Bertz CT molecular complexity index is 992. The molecule has 2 aromatic carbocycles. The largest absolute Gasteiger partial charge is 0.362 e. The van der Waals surface area contributed by atoms with Gasteiger partial charge in [0.05, 0.1) is 17.3 Å². The lowest BCUT2D eigenvalue weighted by molar-refractivity contribution is 0.0954. The Morgan fingerprint density at radius 3 is 2.66 bits per heavy atom. The molecule has 0 atom stereocenters. The van der Waals surface area contributed by atoms with Crippen molar-refractivity contribution in [2.45, 2.75) is 46.6 Å². The molecular formula is C24H28BrN3O. The Kier molecular flexibility index (Phi) is 6.27. The van der Waals surface area contributed by atoms with E-state index < -0.39 is 0 Å². The van der Waals surface area contributed by atoms with Crippen LogP contribution in [0.2, 0.25) is 0 Å². The van der Waals surface area contributed by atoms with Gasteiger partial charge in [-0.3, -0.25) is 4.79 Å². The van der Waals surface area contributed by atoms with E-state index in [2.05, 4.69) is 84.2 Å². The van der Waals surface area contributed by atoms with Crippen molar-refractivity contribution in [1.82, 2.24) is 5.43 Å². The molecule has 0 aliphatic carbocycles. The van der Waals surface area contributed by atoms with Gasteiger partial charge in [0.15, 0.2) is 0 Å². The number of carbonyl (C=O) groups is 1. The number of carbonyl (C=O) groups excluding carboxylic acids is 1. The Morgan fingerprint density at radius 2 is 1.97 bits per heavy atom. The van der Waals surface area contributed by atoms with Gasteiger partial charge in [0.1, 0.15) is 0 Å². The molecule has 1 aliphatic rings. The number of hydrazone groups is 1. The highest BCUT2D eigenvalue weighted by Gasteiger charge is 2.31. The SMILES string of the molecule is CCCN1c2cc(C)c(/C=N\NC(=O)c3ccccc3Br)cc2C(C)=CC1(C)C. The summed E-state index contributed by atoms with van der Waals surface area (Å²) in [6, 6.07) is 11.7. The molecule has 0 unspecified atom stereocenters. The molecule has 152 valence electrons. The van der Waals surface area contributed by atoms with Crippen LogP contribution in [0.4, 0.5) is 5.69 Å². The number of allylic oxidation sites excluding steroid dienone is 1. The molecule has 0 fully saturated rings. The quantitative estimate of drug-likeness (QED) is 0.449. The monoisotopic (exact) mass is 453 g/mol. The fraction of sp³-hybridized carbons (Fsp3) is 0.333. The van der Waals surface area contributed by atoms with E-state index in [1.807, 2.05) is 18.2 Å². The minimum atomic E-state index is -0.240. The van der Waals surface area contributed by atoms with Crippen LogP contribution in [0.3, 0.4) is 0 Å².